The number of carbonyl (C=O) groups is 1. The molecule has 0 aromatic carbocycles. The minimum absolute atomic E-state index is 0.129. The van der Waals surface area contributed by atoms with Crippen molar-refractivity contribution in [3.63, 3.8) is 0 Å². The highest BCUT2D eigenvalue weighted by molar-refractivity contribution is 8.23. The molecular formula is C14H24O3S2. The van der Waals surface area contributed by atoms with E-state index in [2.05, 4.69) is 6.92 Å². The van der Waals surface area contributed by atoms with Gasteiger partial charge in [-0.1, -0.05) is 32.5 Å². The van der Waals surface area contributed by atoms with Gasteiger partial charge in [-0.2, -0.15) is 0 Å². The molecule has 0 aromatic rings. The molecule has 0 radical (unpaired) electrons. The molecule has 5 heteroatoms. The predicted molar refractivity (Wildman–Crippen MR) is 83.4 cm³/mol. The van der Waals surface area contributed by atoms with Crippen LogP contribution in [0.1, 0.15) is 47.0 Å². The van der Waals surface area contributed by atoms with Gasteiger partial charge in [0.1, 0.15) is 5.60 Å². The Morgan fingerprint density at radius 3 is 2.74 bits per heavy atom. The first-order valence-electron chi connectivity index (χ1n) is 6.81. The SMILES string of the molecule is CCOC(=S)SCC(=O)[C@]1(O)CCC[C@@H](C)C1(C)C. The number of ketones is 1. The topological polar surface area (TPSA) is 46.5 Å². The van der Waals surface area contributed by atoms with Crippen LogP contribution in [0.5, 0.6) is 0 Å². The highest BCUT2D eigenvalue weighted by Crippen LogP contribution is 2.48. The standard InChI is InChI=1S/C14H24O3S2/c1-5-17-12(18)19-9-11(15)14(16)8-6-7-10(2)13(14,3)4/h10,16H,5-9H2,1-4H3/t10-,14-/m1/s1. The molecule has 0 aromatic heterocycles. The van der Waals surface area contributed by atoms with E-state index in [4.69, 9.17) is 17.0 Å². The third kappa shape index (κ3) is 3.50. The van der Waals surface area contributed by atoms with Crippen molar-refractivity contribution in [2.24, 2.45) is 11.3 Å². The van der Waals surface area contributed by atoms with Crippen molar-refractivity contribution in [1.82, 2.24) is 0 Å². The molecule has 2 atom stereocenters. The maximum absolute atomic E-state index is 12.4. The van der Waals surface area contributed by atoms with Crippen LogP contribution in [0.4, 0.5) is 0 Å². The first-order chi connectivity index (χ1) is 8.75. The Balaban J connectivity index is 2.71. The minimum Gasteiger partial charge on any atom is -0.479 e. The van der Waals surface area contributed by atoms with Gasteiger partial charge in [0.2, 0.25) is 4.38 Å². The van der Waals surface area contributed by atoms with Gasteiger partial charge in [-0.05, 0) is 44.3 Å². The van der Waals surface area contributed by atoms with E-state index < -0.39 is 11.0 Å². The number of ether oxygens (including phenoxy) is 1. The van der Waals surface area contributed by atoms with Gasteiger partial charge in [0.25, 0.3) is 0 Å². The maximum Gasteiger partial charge on any atom is 0.220 e. The molecule has 1 aliphatic carbocycles. The first-order valence-corrected chi connectivity index (χ1v) is 8.20. The Morgan fingerprint density at radius 1 is 1.53 bits per heavy atom. The lowest BCUT2D eigenvalue weighted by Gasteiger charge is -2.49. The summed E-state index contributed by atoms with van der Waals surface area (Å²) < 4.78 is 5.52. The Kier molecular flexibility index (Phi) is 5.83. The molecule has 1 rings (SSSR count). The molecule has 110 valence electrons. The van der Waals surface area contributed by atoms with Crippen molar-refractivity contribution in [3.8, 4) is 0 Å². The lowest BCUT2D eigenvalue weighted by Crippen LogP contribution is -2.57. The van der Waals surface area contributed by atoms with Crippen LogP contribution in [0.25, 0.3) is 0 Å². The van der Waals surface area contributed by atoms with Crippen molar-refractivity contribution in [1.29, 1.82) is 0 Å². The molecule has 0 saturated heterocycles. The first kappa shape index (κ1) is 16.9. The smallest absolute Gasteiger partial charge is 0.220 e. The molecule has 19 heavy (non-hydrogen) atoms. The summed E-state index contributed by atoms with van der Waals surface area (Å²) in [4.78, 5) is 12.4. The van der Waals surface area contributed by atoms with Gasteiger partial charge in [0.15, 0.2) is 5.78 Å². The fourth-order valence-corrected chi connectivity index (χ4v) is 3.64. The van der Waals surface area contributed by atoms with Crippen molar-refractivity contribution in [3.05, 3.63) is 0 Å². The van der Waals surface area contributed by atoms with E-state index in [1.54, 1.807) is 0 Å². The summed E-state index contributed by atoms with van der Waals surface area (Å²) in [6.45, 7) is 8.44. The molecule has 0 spiro atoms. The second-order valence-corrected chi connectivity index (χ2v) is 7.35. The monoisotopic (exact) mass is 304 g/mol. The van der Waals surface area contributed by atoms with Crippen LogP contribution in [0, 0.1) is 11.3 Å². The van der Waals surface area contributed by atoms with Gasteiger partial charge in [0, 0.05) is 5.41 Å². The predicted octanol–water partition coefficient (Wildman–Crippen LogP) is 3.19. The van der Waals surface area contributed by atoms with Crippen LogP contribution < -0.4 is 0 Å². The summed E-state index contributed by atoms with van der Waals surface area (Å²) in [6, 6.07) is 0. The van der Waals surface area contributed by atoms with E-state index in [0.29, 0.717) is 23.3 Å². The normalized spacial score (nSPS) is 29.8. The summed E-state index contributed by atoms with van der Waals surface area (Å²) in [5.74, 6) is 0.390. The van der Waals surface area contributed by atoms with Crippen LogP contribution in [0.2, 0.25) is 0 Å². The van der Waals surface area contributed by atoms with Crippen LogP contribution in [-0.4, -0.2) is 33.2 Å². The van der Waals surface area contributed by atoms with E-state index in [1.807, 2.05) is 20.8 Å². The van der Waals surface area contributed by atoms with Crippen molar-refractivity contribution >= 4 is 34.1 Å². The summed E-state index contributed by atoms with van der Waals surface area (Å²) >= 11 is 6.20. The zero-order valence-electron chi connectivity index (χ0n) is 12.2. The summed E-state index contributed by atoms with van der Waals surface area (Å²) in [5, 5.41) is 10.8. The van der Waals surface area contributed by atoms with Gasteiger partial charge in [-0.25, -0.2) is 0 Å². The second-order valence-electron chi connectivity index (χ2n) is 5.77. The van der Waals surface area contributed by atoms with Crippen LogP contribution in [0.15, 0.2) is 0 Å². The average molecular weight is 304 g/mol. The fraction of sp³-hybridized carbons (Fsp3) is 0.857. The molecule has 0 heterocycles. The van der Waals surface area contributed by atoms with Gasteiger partial charge >= 0.3 is 0 Å². The molecule has 3 nitrogen and oxygen atoms in total. The molecule has 0 unspecified atom stereocenters. The maximum atomic E-state index is 12.4. The number of rotatable bonds is 4. The lowest BCUT2D eigenvalue weighted by molar-refractivity contribution is -0.162. The number of thioether (sulfide) groups is 1. The van der Waals surface area contributed by atoms with E-state index in [0.717, 1.165) is 12.8 Å². The second kappa shape index (κ2) is 6.55. The number of hydrogen-bond donors (Lipinski definition) is 1. The number of carbonyl (C=O) groups excluding carboxylic acids is 1. The highest BCUT2D eigenvalue weighted by atomic mass is 32.2. The number of hydrogen-bond acceptors (Lipinski definition) is 5. The van der Waals surface area contributed by atoms with E-state index in [1.165, 1.54) is 11.8 Å². The highest BCUT2D eigenvalue weighted by Gasteiger charge is 2.53. The van der Waals surface area contributed by atoms with Crippen molar-refractivity contribution in [2.45, 2.75) is 52.6 Å². The van der Waals surface area contributed by atoms with Crippen molar-refractivity contribution in [2.75, 3.05) is 12.4 Å². The zero-order valence-corrected chi connectivity index (χ0v) is 13.8. The summed E-state index contributed by atoms with van der Waals surface area (Å²) in [5.41, 5.74) is -1.63. The quantitative estimate of drug-likeness (QED) is 0.808. The molecule has 1 saturated carbocycles. The Labute approximate surface area is 125 Å². The van der Waals surface area contributed by atoms with Gasteiger partial charge in [0.05, 0.1) is 12.4 Å². The van der Waals surface area contributed by atoms with Gasteiger partial charge < -0.3 is 9.84 Å². The van der Waals surface area contributed by atoms with Gasteiger partial charge in [-0.15, -0.1) is 0 Å². The van der Waals surface area contributed by atoms with Crippen LogP contribution in [-0.2, 0) is 9.53 Å². The third-order valence-corrected chi connectivity index (χ3v) is 5.75. The van der Waals surface area contributed by atoms with E-state index in [9.17, 15) is 9.90 Å². The fourth-order valence-electron chi connectivity index (χ4n) is 2.66. The van der Waals surface area contributed by atoms with Crippen LogP contribution >= 0.6 is 24.0 Å². The Hall–Kier alpha value is -0.130. The molecule has 1 aliphatic rings. The molecule has 1 fully saturated rings. The summed E-state index contributed by atoms with van der Waals surface area (Å²) in [7, 11) is 0. The molecular weight excluding hydrogens is 280 g/mol. The molecule has 0 bridgehead atoms. The zero-order chi connectivity index (χ0) is 14.7. The molecule has 1 N–H and O–H groups in total. The number of Topliss-reactive ketones (excluding diaryl/α,β-unsaturated/α-hetero) is 1. The lowest BCUT2D eigenvalue weighted by atomic mass is 9.59. The van der Waals surface area contributed by atoms with Crippen molar-refractivity contribution < 1.29 is 14.6 Å². The number of aliphatic hydroxyl groups is 1. The number of thiocarbonyl (C=S) groups is 1. The summed E-state index contributed by atoms with van der Waals surface area (Å²) in [6.07, 6.45) is 2.51. The van der Waals surface area contributed by atoms with E-state index in [-0.39, 0.29) is 11.5 Å². The largest absolute Gasteiger partial charge is 0.479 e. The molecule has 0 aliphatic heterocycles. The van der Waals surface area contributed by atoms with E-state index >= 15 is 0 Å². The average Bonchev–Trinajstić information content (AvgIpc) is 2.34. The minimum atomic E-state index is -1.24. The van der Waals surface area contributed by atoms with Gasteiger partial charge in [-0.3, -0.25) is 4.79 Å². The Morgan fingerprint density at radius 2 is 2.16 bits per heavy atom. The Bertz CT molecular complexity index is 355. The molecule has 0 amide bonds. The third-order valence-electron chi connectivity index (χ3n) is 4.52. The van der Waals surface area contributed by atoms with Crippen LogP contribution in [0.3, 0.4) is 0 Å².